The van der Waals surface area contributed by atoms with E-state index in [4.69, 9.17) is 6.42 Å². The SMILES string of the molecule is C#CC(C)N1CCCNC(CC)(CC)C1. The van der Waals surface area contributed by atoms with Crippen molar-refractivity contribution in [1.82, 2.24) is 10.2 Å². The lowest BCUT2D eigenvalue weighted by Gasteiger charge is -2.36. The molecule has 86 valence electrons. The summed E-state index contributed by atoms with van der Waals surface area (Å²) < 4.78 is 0. The average Bonchev–Trinajstić information content (AvgIpc) is 2.51. The lowest BCUT2D eigenvalue weighted by Crippen LogP contribution is -2.52. The molecule has 1 atom stereocenters. The van der Waals surface area contributed by atoms with Crippen LogP contribution in [0.25, 0.3) is 0 Å². The van der Waals surface area contributed by atoms with Crippen LogP contribution in [0.2, 0.25) is 0 Å². The van der Waals surface area contributed by atoms with Gasteiger partial charge in [-0.25, -0.2) is 0 Å². The third kappa shape index (κ3) is 2.96. The van der Waals surface area contributed by atoms with Gasteiger partial charge in [0.2, 0.25) is 0 Å². The molecule has 0 aromatic rings. The number of terminal acetylenes is 1. The summed E-state index contributed by atoms with van der Waals surface area (Å²) in [6.07, 6.45) is 9.07. The zero-order valence-electron chi connectivity index (χ0n) is 10.3. The first kappa shape index (κ1) is 12.5. The van der Waals surface area contributed by atoms with Gasteiger partial charge in [0.15, 0.2) is 0 Å². The van der Waals surface area contributed by atoms with Crippen LogP contribution in [0.15, 0.2) is 0 Å². The zero-order valence-corrected chi connectivity index (χ0v) is 10.3. The van der Waals surface area contributed by atoms with Crippen LogP contribution in [0.3, 0.4) is 0 Å². The quantitative estimate of drug-likeness (QED) is 0.712. The molecule has 15 heavy (non-hydrogen) atoms. The number of nitrogens with zero attached hydrogens (tertiary/aromatic N) is 1. The van der Waals surface area contributed by atoms with Crippen LogP contribution < -0.4 is 5.32 Å². The highest BCUT2D eigenvalue weighted by Crippen LogP contribution is 2.20. The fourth-order valence-electron chi connectivity index (χ4n) is 2.32. The molecule has 0 aromatic heterocycles. The third-order valence-electron chi connectivity index (χ3n) is 3.77. The van der Waals surface area contributed by atoms with E-state index in [1.54, 1.807) is 0 Å². The Bertz CT molecular complexity index is 225. The summed E-state index contributed by atoms with van der Waals surface area (Å²) >= 11 is 0. The summed E-state index contributed by atoms with van der Waals surface area (Å²) in [7, 11) is 0. The van der Waals surface area contributed by atoms with Crippen LogP contribution in [0.1, 0.15) is 40.0 Å². The van der Waals surface area contributed by atoms with Crippen molar-refractivity contribution in [2.24, 2.45) is 0 Å². The van der Waals surface area contributed by atoms with Crippen molar-refractivity contribution in [3.05, 3.63) is 0 Å². The van der Waals surface area contributed by atoms with Crippen molar-refractivity contribution < 1.29 is 0 Å². The molecule has 1 rings (SSSR count). The highest BCUT2D eigenvalue weighted by molar-refractivity contribution is 5.01. The van der Waals surface area contributed by atoms with Gasteiger partial charge < -0.3 is 5.32 Å². The van der Waals surface area contributed by atoms with Gasteiger partial charge in [-0.3, -0.25) is 4.90 Å². The van der Waals surface area contributed by atoms with Gasteiger partial charge in [0.05, 0.1) is 6.04 Å². The highest BCUT2D eigenvalue weighted by Gasteiger charge is 2.31. The van der Waals surface area contributed by atoms with Gasteiger partial charge in [0, 0.05) is 18.6 Å². The topological polar surface area (TPSA) is 15.3 Å². The zero-order chi connectivity index (χ0) is 11.3. The van der Waals surface area contributed by atoms with Crippen molar-refractivity contribution in [2.45, 2.75) is 51.6 Å². The summed E-state index contributed by atoms with van der Waals surface area (Å²) in [4.78, 5) is 2.44. The second kappa shape index (κ2) is 5.53. The Morgan fingerprint density at radius 3 is 2.67 bits per heavy atom. The van der Waals surface area contributed by atoms with E-state index in [9.17, 15) is 0 Å². The van der Waals surface area contributed by atoms with Crippen LogP contribution in [-0.2, 0) is 0 Å². The van der Waals surface area contributed by atoms with Crippen molar-refractivity contribution in [3.63, 3.8) is 0 Å². The van der Waals surface area contributed by atoms with E-state index in [2.05, 4.69) is 36.9 Å². The maximum Gasteiger partial charge on any atom is 0.0683 e. The standard InChI is InChI=1S/C13H24N2/c1-5-12(4)15-10-8-9-14-13(6-2,7-3)11-15/h1,12,14H,6-11H2,2-4H3. The lowest BCUT2D eigenvalue weighted by molar-refractivity contribution is 0.181. The van der Waals surface area contributed by atoms with Crippen LogP contribution in [-0.4, -0.2) is 36.1 Å². The van der Waals surface area contributed by atoms with Crippen molar-refractivity contribution >= 4 is 0 Å². The molecule has 0 aliphatic carbocycles. The predicted octanol–water partition coefficient (Wildman–Crippen LogP) is 1.86. The fourth-order valence-corrected chi connectivity index (χ4v) is 2.32. The van der Waals surface area contributed by atoms with Crippen molar-refractivity contribution in [3.8, 4) is 12.3 Å². The molecular weight excluding hydrogens is 184 g/mol. The maximum absolute atomic E-state index is 5.51. The molecule has 2 nitrogen and oxygen atoms in total. The molecule has 1 saturated heterocycles. The van der Waals surface area contributed by atoms with Crippen molar-refractivity contribution in [2.75, 3.05) is 19.6 Å². The predicted molar refractivity (Wildman–Crippen MR) is 65.8 cm³/mol. The van der Waals surface area contributed by atoms with Gasteiger partial charge >= 0.3 is 0 Å². The molecule has 1 aliphatic rings. The van der Waals surface area contributed by atoms with Crippen LogP contribution in [0.5, 0.6) is 0 Å². The van der Waals surface area contributed by atoms with Gasteiger partial charge in [0.25, 0.3) is 0 Å². The third-order valence-corrected chi connectivity index (χ3v) is 3.77. The number of hydrogen-bond donors (Lipinski definition) is 1. The van der Waals surface area contributed by atoms with Crippen molar-refractivity contribution in [1.29, 1.82) is 0 Å². The van der Waals surface area contributed by atoms with E-state index in [-0.39, 0.29) is 11.6 Å². The first-order valence-electron chi connectivity index (χ1n) is 6.12. The number of hydrogen-bond acceptors (Lipinski definition) is 2. The van der Waals surface area contributed by atoms with Gasteiger partial charge in [-0.05, 0) is 32.7 Å². The summed E-state index contributed by atoms with van der Waals surface area (Å²) in [5.74, 6) is 2.85. The molecule has 0 saturated carbocycles. The molecule has 1 fully saturated rings. The van der Waals surface area contributed by atoms with E-state index in [1.165, 1.54) is 19.3 Å². The smallest absolute Gasteiger partial charge is 0.0683 e. The first-order chi connectivity index (χ1) is 7.17. The molecule has 1 heterocycles. The minimum Gasteiger partial charge on any atom is -0.310 e. The van der Waals surface area contributed by atoms with Gasteiger partial charge in [-0.15, -0.1) is 6.42 Å². The van der Waals surface area contributed by atoms with E-state index in [0.29, 0.717) is 0 Å². The Hall–Kier alpha value is -0.520. The average molecular weight is 208 g/mol. The Kier molecular flexibility index (Phi) is 4.63. The first-order valence-corrected chi connectivity index (χ1v) is 6.12. The normalized spacial score (nSPS) is 24.1. The maximum atomic E-state index is 5.51. The van der Waals surface area contributed by atoms with Crippen LogP contribution in [0.4, 0.5) is 0 Å². The molecule has 0 aromatic carbocycles. The van der Waals surface area contributed by atoms with E-state index in [1.807, 2.05) is 0 Å². The minimum atomic E-state index is 0.266. The summed E-state index contributed by atoms with van der Waals surface area (Å²) in [6.45, 7) is 9.99. The fraction of sp³-hybridized carbons (Fsp3) is 0.846. The molecule has 0 spiro atoms. The van der Waals surface area contributed by atoms with E-state index < -0.39 is 0 Å². The Labute approximate surface area is 94.4 Å². The molecule has 0 bridgehead atoms. The van der Waals surface area contributed by atoms with Gasteiger partial charge in [-0.1, -0.05) is 19.8 Å². The molecule has 0 radical (unpaired) electrons. The van der Waals surface area contributed by atoms with E-state index in [0.717, 1.165) is 19.6 Å². The minimum absolute atomic E-state index is 0.266. The largest absolute Gasteiger partial charge is 0.310 e. The highest BCUT2D eigenvalue weighted by atomic mass is 15.2. The summed E-state index contributed by atoms with van der Waals surface area (Å²) in [6, 6.07) is 0.266. The van der Waals surface area contributed by atoms with Crippen LogP contribution >= 0.6 is 0 Å². The molecular formula is C13H24N2. The second-order valence-corrected chi connectivity index (χ2v) is 4.58. The van der Waals surface area contributed by atoms with E-state index >= 15 is 0 Å². The Balaban J connectivity index is 2.73. The monoisotopic (exact) mass is 208 g/mol. The summed E-state index contributed by atoms with van der Waals surface area (Å²) in [5.41, 5.74) is 0.279. The molecule has 0 amide bonds. The molecule has 1 aliphatic heterocycles. The van der Waals surface area contributed by atoms with Gasteiger partial charge in [-0.2, -0.15) is 0 Å². The Morgan fingerprint density at radius 2 is 2.13 bits per heavy atom. The summed E-state index contributed by atoms with van der Waals surface area (Å²) in [5, 5.41) is 3.69. The number of rotatable bonds is 3. The molecule has 1 N–H and O–H groups in total. The lowest BCUT2D eigenvalue weighted by atomic mass is 9.92. The second-order valence-electron chi connectivity index (χ2n) is 4.58. The van der Waals surface area contributed by atoms with Gasteiger partial charge in [0.1, 0.15) is 0 Å². The molecule has 2 heteroatoms. The molecule has 1 unspecified atom stereocenters. The number of nitrogens with one attached hydrogen (secondary N) is 1. The Morgan fingerprint density at radius 1 is 1.47 bits per heavy atom. The van der Waals surface area contributed by atoms with Crippen LogP contribution in [0, 0.1) is 12.3 Å².